The highest BCUT2D eigenvalue weighted by Gasteiger charge is 2.14. The first-order valence-electron chi connectivity index (χ1n) is 5.68. The third kappa shape index (κ3) is 2.26. The average Bonchev–Trinajstić information content (AvgIpc) is 2.86. The Hall–Kier alpha value is -2.14. The second-order valence-corrected chi connectivity index (χ2v) is 4.21. The van der Waals surface area contributed by atoms with Gasteiger partial charge in [0.2, 0.25) is 0 Å². The fraction of sp³-hybridized carbons (Fsp3) is 0.231. The number of nitrogens with zero attached hydrogens (tertiary/aromatic N) is 3. The van der Waals surface area contributed by atoms with Gasteiger partial charge >= 0.3 is 0 Å². The van der Waals surface area contributed by atoms with Crippen LogP contribution in [-0.4, -0.2) is 34.7 Å². The van der Waals surface area contributed by atoms with Crippen LogP contribution in [0.3, 0.4) is 0 Å². The normalized spacial score (nSPS) is 10.4. The summed E-state index contributed by atoms with van der Waals surface area (Å²) in [4.78, 5) is 13.6. The number of carbonyl (C=O) groups excluding carboxylic acids is 1. The third-order valence-electron chi connectivity index (χ3n) is 2.66. The smallest absolute Gasteiger partial charge is 0.255 e. The van der Waals surface area contributed by atoms with Crippen LogP contribution < -0.4 is 5.73 Å². The van der Waals surface area contributed by atoms with E-state index in [-0.39, 0.29) is 5.91 Å². The van der Waals surface area contributed by atoms with Gasteiger partial charge in [-0.3, -0.25) is 4.79 Å². The topological polar surface area (TPSA) is 64.2 Å². The summed E-state index contributed by atoms with van der Waals surface area (Å²) >= 11 is 0. The third-order valence-corrected chi connectivity index (χ3v) is 2.66. The van der Waals surface area contributed by atoms with E-state index in [9.17, 15) is 4.79 Å². The van der Waals surface area contributed by atoms with Crippen molar-refractivity contribution in [1.82, 2.24) is 14.7 Å². The van der Waals surface area contributed by atoms with Crippen molar-refractivity contribution in [2.45, 2.75) is 6.54 Å². The summed E-state index contributed by atoms with van der Waals surface area (Å²) in [6, 6.07) is 7.38. The molecule has 94 valence electrons. The van der Waals surface area contributed by atoms with Crippen LogP contribution in [0.15, 0.2) is 36.7 Å². The maximum atomic E-state index is 12.1. The van der Waals surface area contributed by atoms with Gasteiger partial charge in [0.15, 0.2) is 0 Å². The zero-order valence-electron chi connectivity index (χ0n) is 10.5. The van der Waals surface area contributed by atoms with Crippen LogP contribution >= 0.6 is 0 Å². The van der Waals surface area contributed by atoms with Gasteiger partial charge in [-0.15, -0.1) is 0 Å². The molecular weight excluding hydrogens is 228 g/mol. The summed E-state index contributed by atoms with van der Waals surface area (Å²) in [6.07, 6.45) is 3.54. The highest BCUT2D eigenvalue weighted by molar-refractivity contribution is 5.97. The molecule has 5 heteroatoms. The largest absolute Gasteiger partial charge is 0.345 e. The molecule has 0 unspecified atom stereocenters. The summed E-state index contributed by atoms with van der Waals surface area (Å²) < 4.78 is 1.68. The summed E-state index contributed by atoms with van der Waals surface area (Å²) in [5, 5.41) is 4.23. The van der Waals surface area contributed by atoms with Crippen molar-refractivity contribution in [3.8, 4) is 5.69 Å². The fourth-order valence-electron chi connectivity index (χ4n) is 1.69. The number of hydrogen-bond donors (Lipinski definition) is 1. The molecule has 1 amide bonds. The van der Waals surface area contributed by atoms with Crippen molar-refractivity contribution < 1.29 is 4.79 Å². The van der Waals surface area contributed by atoms with Gasteiger partial charge in [0, 0.05) is 32.4 Å². The van der Waals surface area contributed by atoms with Crippen molar-refractivity contribution in [3.05, 3.63) is 47.8 Å². The Morgan fingerprint density at radius 2 is 2.11 bits per heavy atom. The Bertz CT molecular complexity index is 560. The van der Waals surface area contributed by atoms with E-state index in [4.69, 9.17) is 5.73 Å². The van der Waals surface area contributed by atoms with Gasteiger partial charge in [0.25, 0.3) is 5.91 Å². The van der Waals surface area contributed by atoms with E-state index in [0.717, 1.165) is 11.3 Å². The number of amides is 1. The van der Waals surface area contributed by atoms with E-state index in [1.807, 2.05) is 24.4 Å². The molecule has 0 saturated carbocycles. The van der Waals surface area contributed by atoms with E-state index in [1.165, 1.54) is 0 Å². The number of carbonyl (C=O) groups is 1. The zero-order chi connectivity index (χ0) is 13.1. The van der Waals surface area contributed by atoms with E-state index in [2.05, 4.69) is 5.10 Å². The molecule has 0 atom stereocenters. The SMILES string of the molecule is CN(C)C(=O)c1ccccc1-n1cc(CN)cn1. The predicted octanol–water partition coefficient (Wildman–Crippen LogP) is 1.03. The minimum atomic E-state index is -0.0459. The van der Waals surface area contributed by atoms with E-state index < -0.39 is 0 Å². The second-order valence-electron chi connectivity index (χ2n) is 4.21. The Labute approximate surface area is 106 Å². The Balaban J connectivity index is 2.47. The lowest BCUT2D eigenvalue weighted by atomic mass is 10.1. The molecule has 0 aliphatic heterocycles. The fourth-order valence-corrected chi connectivity index (χ4v) is 1.69. The molecule has 0 bridgehead atoms. The Morgan fingerprint density at radius 3 is 2.72 bits per heavy atom. The number of hydrogen-bond acceptors (Lipinski definition) is 3. The summed E-state index contributed by atoms with van der Waals surface area (Å²) in [5.74, 6) is -0.0459. The number of nitrogens with two attached hydrogens (primary N) is 1. The summed E-state index contributed by atoms with van der Waals surface area (Å²) in [7, 11) is 3.46. The van der Waals surface area contributed by atoms with Crippen LogP contribution in [0.2, 0.25) is 0 Å². The van der Waals surface area contributed by atoms with Gasteiger partial charge in [0.05, 0.1) is 17.4 Å². The summed E-state index contributed by atoms with van der Waals surface area (Å²) in [6.45, 7) is 0.434. The predicted molar refractivity (Wildman–Crippen MR) is 69.5 cm³/mol. The quantitative estimate of drug-likeness (QED) is 0.877. The second kappa shape index (κ2) is 5.01. The van der Waals surface area contributed by atoms with E-state index in [1.54, 1.807) is 35.9 Å². The maximum absolute atomic E-state index is 12.1. The molecule has 0 saturated heterocycles. The number of aromatic nitrogens is 2. The lowest BCUT2D eigenvalue weighted by molar-refractivity contribution is 0.0827. The lowest BCUT2D eigenvalue weighted by Crippen LogP contribution is -2.23. The van der Waals surface area contributed by atoms with Gasteiger partial charge in [-0.05, 0) is 12.1 Å². The average molecular weight is 244 g/mol. The molecule has 0 spiro atoms. The van der Waals surface area contributed by atoms with Crippen LogP contribution in [0.5, 0.6) is 0 Å². The maximum Gasteiger partial charge on any atom is 0.255 e. The minimum absolute atomic E-state index is 0.0459. The molecule has 2 rings (SSSR count). The van der Waals surface area contributed by atoms with E-state index >= 15 is 0 Å². The number of rotatable bonds is 3. The molecule has 18 heavy (non-hydrogen) atoms. The van der Waals surface area contributed by atoms with Crippen molar-refractivity contribution in [2.24, 2.45) is 5.73 Å². The monoisotopic (exact) mass is 244 g/mol. The van der Waals surface area contributed by atoms with Crippen molar-refractivity contribution in [1.29, 1.82) is 0 Å². The van der Waals surface area contributed by atoms with Gasteiger partial charge in [-0.2, -0.15) is 5.10 Å². The van der Waals surface area contributed by atoms with Gasteiger partial charge in [-0.25, -0.2) is 4.68 Å². The number of benzene rings is 1. The first-order chi connectivity index (χ1) is 8.63. The first-order valence-corrected chi connectivity index (χ1v) is 5.68. The minimum Gasteiger partial charge on any atom is -0.345 e. The molecule has 5 nitrogen and oxygen atoms in total. The zero-order valence-corrected chi connectivity index (χ0v) is 10.5. The van der Waals surface area contributed by atoms with Gasteiger partial charge in [0.1, 0.15) is 0 Å². The van der Waals surface area contributed by atoms with Crippen LogP contribution in [0.1, 0.15) is 15.9 Å². The molecule has 2 N–H and O–H groups in total. The van der Waals surface area contributed by atoms with Crippen molar-refractivity contribution in [2.75, 3.05) is 14.1 Å². The molecule has 1 heterocycles. The Morgan fingerprint density at radius 1 is 1.39 bits per heavy atom. The highest BCUT2D eigenvalue weighted by atomic mass is 16.2. The van der Waals surface area contributed by atoms with Crippen LogP contribution in [-0.2, 0) is 6.54 Å². The number of para-hydroxylation sites is 1. The standard InChI is InChI=1S/C13H16N4O/c1-16(2)13(18)11-5-3-4-6-12(11)17-9-10(7-14)8-15-17/h3-6,8-9H,7,14H2,1-2H3. The molecule has 1 aromatic carbocycles. The van der Waals surface area contributed by atoms with Crippen LogP contribution in [0, 0.1) is 0 Å². The van der Waals surface area contributed by atoms with E-state index in [0.29, 0.717) is 12.1 Å². The molecule has 0 aliphatic carbocycles. The Kier molecular flexibility index (Phi) is 3.43. The molecule has 0 radical (unpaired) electrons. The van der Waals surface area contributed by atoms with Crippen LogP contribution in [0.4, 0.5) is 0 Å². The van der Waals surface area contributed by atoms with Crippen LogP contribution in [0.25, 0.3) is 5.69 Å². The first kappa shape index (κ1) is 12.3. The molecule has 2 aromatic rings. The van der Waals surface area contributed by atoms with Crippen molar-refractivity contribution >= 4 is 5.91 Å². The lowest BCUT2D eigenvalue weighted by Gasteiger charge is -2.13. The van der Waals surface area contributed by atoms with Crippen molar-refractivity contribution in [3.63, 3.8) is 0 Å². The molecule has 1 aromatic heterocycles. The molecule has 0 fully saturated rings. The molecule has 0 aliphatic rings. The van der Waals surface area contributed by atoms with Gasteiger partial charge < -0.3 is 10.6 Å². The molecular formula is C13H16N4O. The highest BCUT2D eigenvalue weighted by Crippen LogP contribution is 2.15. The summed E-state index contributed by atoms with van der Waals surface area (Å²) in [5.41, 5.74) is 7.87. The van der Waals surface area contributed by atoms with Gasteiger partial charge in [-0.1, -0.05) is 12.1 Å².